The van der Waals surface area contributed by atoms with Gasteiger partial charge in [-0.2, -0.15) is 0 Å². The van der Waals surface area contributed by atoms with Gasteiger partial charge in [0, 0.05) is 34.7 Å². The molecule has 0 aliphatic carbocycles. The Morgan fingerprint density at radius 2 is 1.81 bits per heavy atom. The molecule has 3 aromatic rings. The molecule has 0 spiro atoms. The number of aromatic nitrogens is 1. The highest BCUT2D eigenvalue weighted by Gasteiger charge is 2.10. The predicted octanol–water partition coefficient (Wildman–Crippen LogP) is 5.56. The van der Waals surface area contributed by atoms with Gasteiger partial charge in [-0.1, -0.05) is 47.5 Å². The third-order valence-electron chi connectivity index (χ3n) is 3.96. The Hall–Kier alpha value is -2.56. The lowest BCUT2D eigenvalue weighted by Crippen LogP contribution is -2.13. The number of benzene rings is 2. The van der Waals surface area contributed by atoms with Crippen molar-refractivity contribution in [1.29, 1.82) is 0 Å². The molecular formula is C20H17Cl2N3O. The number of halogens is 2. The van der Waals surface area contributed by atoms with Gasteiger partial charge in [-0.3, -0.25) is 9.78 Å². The summed E-state index contributed by atoms with van der Waals surface area (Å²) in [6.07, 6.45) is 3.19. The van der Waals surface area contributed by atoms with Crippen LogP contribution in [0.25, 0.3) is 0 Å². The zero-order valence-electron chi connectivity index (χ0n) is 14.1. The van der Waals surface area contributed by atoms with Gasteiger partial charge < -0.3 is 10.6 Å². The zero-order chi connectivity index (χ0) is 18.5. The van der Waals surface area contributed by atoms with Crippen molar-refractivity contribution in [3.63, 3.8) is 0 Å². The quantitative estimate of drug-likeness (QED) is 0.604. The molecule has 2 aromatic carbocycles. The second-order valence-corrected chi connectivity index (χ2v) is 6.59. The van der Waals surface area contributed by atoms with Gasteiger partial charge in [0.15, 0.2) is 0 Å². The van der Waals surface area contributed by atoms with Gasteiger partial charge in [0.2, 0.25) is 0 Å². The molecule has 1 aromatic heterocycles. The Morgan fingerprint density at radius 1 is 1.04 bits per heavy atom. The Bertz CT molecular complexity index is 944. The first-order valence-electron chi connectivity index (χ1n) is 8.03. The van der Waals surface area contributed by atoms with E-state index in [1.54, 1.807) is 24.4 Å². The fourth-order valence-corrected chi connectivity index (χ4v) is 2.81. The van der Waals surface area contributed by atoms with Gasteiger partial charge >= 0.3 is 0 Å². The summed E-state index contributed by atoms with van der Waals surface area (Å²) in [4.78, 5) is 16.7. The number of pyridine rings is 1. The lowest BCUT2D eigenvalue weighted by atomic mass is 10.1. The minimum Gasteiger partial charge on any atom is -0.380 e. The van der Waals surface area contributed by atoms with Crippen LogP contribution in [0.1, 0.15) is 21.5 Å². The highest BCUT2D eigenvalue weighted by atomic mass is 35.5. The van der Waals surface area contributed by atoms with Crippen LogP contribution < -0.4 is 10.6 Å². The summed E-state index contributed by atoms with van der Waals surface area (Å²) in [5, 5.41) is 7.40. The van der Waals surface area contributed by atoms with E-state index in [-0.39, 0.29) is 5.91 Å². The average Bonchev–Trinajstić information content (AvgIpc) is 2.65. The minimum absolute atomic E-state index is 0.246. The molecule has 0 bridgehead atoms. The van der Waals surface area contributed by atoms with Gasteiger partial charge in [0.1, 0.15) is 0 Å². The molecule has 3 rings (SSSR count). The second-order valence-electron chi connectivity index (χ2n) is 5.77. The largest absolute Gasteiger partial charge is 0.380 e. The third kappa shape index (κ3) is 4.34. The first-order valence-corrected chi connectivity index (χ1v) is 8.79. The van der Waals surface area contributed by atoms with Crippen molar-refractivity contribution in [1.82, 2.24) is 4.98 Å². The molecule has 0 radical (unpaired) electrons. The summed E-state index contributed by atoms with van der Waals surface area (Å²) < 4.78 is 0. The van der Waals surface area contributed by atoms with E-state index in [2.05, 4.69) is 15.6 Å². The lowest BCUT2D eigenvalue weighted by molar-refractivity contribution is 0.102. The van der Waals surface area contributed by atoms with Crippen molar-refractivity contribution in [3.05, 3.63) is 87.7 Å². The number of carbonyl (C=O) groups is 1. The van der Waals surface area contributed by atoms with E-state index in [0.717, 1.165) is 16.8 Å². The fraction of sp³-hybridized carbons (Fsp3) is 0.100. The first kappa shape index (κ1) is 18.2. The number of hydrogen-bond donors (Lipinski definition) is 2. The van der Waals surface area contributed by atoms with Crippen LogP contribution in [-0.2, 0) is 6.54 Å². The van der Waals surface area contributed by atoms with E-state index in [0.29, 0.717) is 27.8 Å². The minimum atomic E-state index is -0.246. The van der Waals surface area contributed by atoms with E-state index in [1.807, 2.05) is 37.3 Å². The number of amides is 1. The van der Waals surface area contributed by atoms with E-state index in [1.165, 1.54) is 6.20 Å². The van der Waals surface area contributed by atoms with Crippen LogP contribution in [0.5, 0.6) is 0 Å². The topological polar surface area (TPSA) is 54.0 Å². The SMILES string of the molecule is Cc1c(Cl)cccc1NC(=O)c1cncc(NCc2ccccc2Cl)c1. The van der Waals surface area contributed by atoms with Crippen LogP contribution in [0.4, 0.5) is 11.4 Å². The third-order valence-corrected chi connectivity index (χ3v) is 4.74. The smallest absolute Gasteiger partial charge is 0.257 e. The number of nitrogens with one attached hydrogen (secondary N) is 2. The molecule has 132 valence electrons. The van der Waals surface area contributed by atoms with Crippen molar-refractivity contribution in [2.24, 2.45) is 0 Å². The van der Waals surface area contributed by atoms with E-state index < -0.39 is 0 Å². The maximum atomic E-state index is 12.5. The van der Waals surface area contributed by atoms with Gasteiger partial charge in [-0.15, -0.1) is 0 Å². The molecule has 1 heterocycles. The summed E-state index contributed by atoms with van der Waals surface area (Å²) in [6.45, 7) is 2.40. The van der Waals surface area contributed by atoms with Crippen molar-refractivity contribution < 1.29 is 4.79 Å². The molecule has 0 aliphatic rings. The Balaban J connectivity index is 1.71. The second kappa shape index (κ2) is 8.21. The van der Waals surface area contributed by atoms with Gasteiger partial charge in [0.25, 0.3) is 5.91 Å². The Kier molecular flexibility index (Phi) is 5.76. The average molecular weight is 386 g/mol. The molecule has 26 heavy (non-hydrogen) atoms. The molecule has 0 fully saturated rings. The van der Waals surface area contributed by atoms with Crippen molar-refractivity contribution in [3.8, 4) is 0 Å². The maximum absolute atomic E-state index is 12.5. The van der Waals surface area contributed by atoms with Gasteiger partial charge in [0.05, 0.1) is 11.3 Å². The normalized spacial score (nSPS) is 10.4. The van der Waals surface area contributed by atoms with E-state index in [9.17, 15) is 4.79 Å². The molecule has 6 heteroatoms. The van der Waals surface area contributed by atoms with Crippen LogP contribution in [0.15, 0.2) is 60.9 Å². The predicted molar refractivity (Wildman–Crippen MR) is 107 cm³/mol. The monoisotopic (exact) mass is 385 g/mol. The highest BCUT2D eigenvalue weighted by Crippen LogP contribution is 2.24. The molecule has 1 amide bonds. The summed E-state index contributed by atoms with van der Waals surface area (Å²) in [7, 11) is 0. The molecule has 0 unspecified atom stereocenters. The van der Waals surface area contributed by atoms with E-state index in [4.69, 9.17) is 23.2 Å². The highest BCUT2D eigenvalue weighted by molar-refractivity contribution is 6.32. The summed E-state index contributed by atoms with van der Waals surface area (Å²) in [6, 6.07) is 14.7. The van der Waals surface area contributed by atoms with Crippen LogP contribution in [0.3, 0.4) is 0 Å². The van der Waals surface area contributed by atoms with Crippen LogP contribution in [0, 0.1) is 6.92 Å². The molecule has 0 saturated heterocycles. The van der Waals surface area contributed by atoms with Crippen LogP contribution in [0.2, 0.25) is 10.0 Å². The van der Waals surface area contributed by atoms with Gasteiger partial charge in [-0.25, -0.2) is 0 Å². The number of nitrogens with zero attached hydrogens (tertiary/aromatic N) is 1. The molecule has 2 N–H and O–H groups in total. The van der Waals surface area contributed by atoms with Crippen molar-refractivity contribution in [2.45, 2.75) is 13.5 Å². The standard InChI is InChI=1S/C20H17Cl2N3O/c1-13-17(21)7-4-8-19(13)25-20(26)15-9-16(12-23-10-15)24-11-14-5-2-3-6-18(14)22/h2-10,12,24H,11H2,1H3,(H,25,26). The van der Waals surface area contributed by atoms with E-state index >= 15 is 0 Å². The van der Waals surface area contributed by atoms with Crippen molar-refractivity contribution in [2.75, 3.05) is 10.6 Å². The first-order chi connectivity index (χ1) is 12.5. The summed E-state index contributed by atoms with van der Waals surface area (Å²) >= 11 is 12.3. The maximum Gasteiger partial charge on any atom is 0.257 e. The Morgan fingerprint density at radius 3 is 2.62 bits per heavy atom. The molecule has 0 saturated carbocycles. The molecule has 0 atom stereocenters. The summed E-state index contributed by atoms with van der Waals surface area (Å²) in [5.41, 5.74) is 3.66. The number of rotatable bonds is 5. The molecular weight excluding hydrogens is 369 g/mol. The summed E-state index contributed by atoms with van der Waals surface area (Å²) in [5.74, 6) is -0.246. The molecule has 0 aliphatic heterocycles. The fourth-order valence-electron chi connectivity index (χ4n) is 2.44. The van der Waals surface area contributed by atoms with Crippen LogP contribution >= 0.6 is 23.2 Å². The number of carbonyl (C=O) groups excluding carboxylic acids is 1. The number of hydrogen-bond acceptors (Lipinski definition) is 3. The molecule has 4 nitrogen and oxygen atoms in total. The van der Waals surface area contributed by atoms with Gasteiger partial charge in [-0.05, 0) is 42.3 Å². The number of anilines is 2. The Labute approximate surface area is 162 Å². The van der Waals surface area contributed by atoms with Crippen molar-refractivity contribution >= 4 is 40.5 Å². The zero-order valence-corrected chi connectivity index (χ0v) is 15.6. The lowest BCUT2D eigenvalue weighted by Gasteiger charge is -2.11. The van der Waals surface area contributed by atoms with Crippen LogP contribution in [-0.4, -0.2) is 10.9 Å².